The average molecular weight is 253 g/mol. The molecule has 1 amide bonds. The highest BCUT2D eigenvalue weighted by atomic mass is 35.5. The van der Waals surface area contributed by atoms with E-state index in [0.29, 0.717) is 6.54 Å². The van der Waals surface area contributed by atoms with E-state index in [9.17, 15) is 4.79 Å². The molecule has 0 aliphatic carbocycles. The van der Waals surface area contributed by atoms with Crippen LogP contribution in [-0.4, -0.2) is 18.0 Å². The lowest BCUT2D eigenvalue weighted by Gasteiger charge is -2.18. The molecule has 0 unspecified atom stereocenters. The summed E-state index contributed by atoms with van der Waals surface area (Å²) in [6, 6.07) is 3.03. The molecule has 0 saturated carbocycles. The van der Waals surface area contributed by atoms with Gasteiger partial charge in [0.1, 0.15) is 0 Å². The molecule has 0 aliphatic heterocycles. The van der Waals surface area contributed by atoms with Gasteiger partial charge in [-0.05, 0) is 37.6 Å². The summed E-state index contributed by atoms with van der Waals surface area (Å²) in [5.41, 5.74) is 5.26. The van der Waals surface area contributed by atoms with Crippen LogP contribution in [0.25, 0.3) is 0 Å². The Bertz CT molecular complexity index is 331. The number of hydrogen-bond donors (Lipinski definition) is 2. The van der Waals surface area contributed by atoms with Crippen molar-refractivity contribution in [1.29, 1.82) is 0 Å². The van der Waals surface area contributed by atoms with E-state index < -0.39 is 5.54 Å². The molecule has 86 valence electrons. The molecule has 1 aromatic heterocycles. The second kappa shape index (κ2) is 5.39. The van der Waals surface area contributed by atoms with E-state index in [1.807, 2.05) is 13.8 Å². The van der Waals surface area contributed by atoms with Crippen LogP contribution in [0.1, 0.15) is 24.4 Å². The molecule has 0 radical (unpaired) electrons. The van der Waals surface area contributed by atoms with Crippen molar-refractivity contribution >= 4 is 29.9 Å². The summed E-state index contributed by atoms with van der Waals surface area (Å²) in [5.74, 6) is -0.116. The van der Waals surface area contributed by atoms with Crippen LogP contribution in [0.3, 0.4) is 0 Å². The quantitative estimate of drug-likeness (QED) is 0.863. The van der Waals surface area contributed by atoms with E-state index in [0.717, 1.165) is 0 Å². The predicted octanol–water partition coefficient (Wildman–Crippen LogP) is 1.82. The average Bonchev–Trinajstić information content (AvgIpc) is 2.46. The molecule has 1 aromatic rings. The lowest BCUT2D eigenvalue weighted by molar-refractivity contribution is 0.0918. The molecule has 0 fully saturated rings. The van der Waals surface area contributed by atoms with Crippen molar-refractivity contribution in [2.75, 3.05) is 6.54 Å². The molecule has 0 spiro atoms. The van der Waals surface area contributed by atoms with Crippen LogP contribution in [0, 0.1) is 0 Å². The maximum absolute atomic E-state index is 11.4. The van der Waals surface area contributed by atoms with Gasteiger partial charge in [-0.3, -0.25) is 4.79 Å². The highest BCUT2D eigenvalue weighted by Gasteiger charge is 2.15. The summed E-state index contributed by atoms with van der Waals surface area (Å²) < 4.78 is 4.92. The normalized spacial score (nSPS) is 10.7. The maximum atomic E-state index is 11.4. The molecule has 6 heteroatoms. The Morgan fingerprint density at radius 3 is 2.60 bits per heavy atom. The number of amides is 1. The monoisotopic (exact) mass is 252 g/mol. The Morgan fingerprint density at radius 1 is 1.60 bits per heavy atom. The molecule has 0 bridgehead atoms. The van der Waals surface area contributed by atoms with Crippen LogP contribution in [-0.2, 0) is 0 Å². The fourth-order valence-electron chi connectivity index (χ4n) is 0.832. The summed E-state index contributed by atoms with van der Waals surface area (Å²) in [6.45, 7) is 4.02. The lowest BCUT2D eigenvalue weighted by atomic mass is 10.1. The van der Waals surface area contributed by atoms with Crippen molar-refractivity contribution < 1.29 is 9.21 Å². The number of carbonyl (C=O) groups excluding carboxylic acids is 1. The van der Waals surface area contributed by atoms with E-state index in [1.54, 1.807) is 0 Å². The van der Waals surface area contributed by atoms with E-state index in [4.69, 9.17) is 21.8 Å². The molecule has 0 atom stereocenters. The summed E-state index contributed by atoms with van der Waals surface area (Å²) in [7, 11) is 0. The zero-order chi connectivity index (χ0) is 10.8. The Labute approximate surface area is 99.6 Å². The number of furan rings is 1. The van der Waals surface area contributed by atoms with Crippen LogP contribution >= 0.6 is 24.0 Å². The van der Waals surface area contributed by atoms with Gasteiger partial charge in [-0.2, -0.15) is 0 Å². The first-order chi connectivity index (χ1) is 6.38. The molecule has 4 nitrogen and oxygen atoms in total. The van der Waals surface area contributed by atoms with E-state index in [2.05, 4.69) is 5.32 Å². The minimum atomic E-state index is -0.438. The van der Waals surface area contributed by atoms with E-state index in [-0.39, 0.29) is 29.3 Å². The van der Waals surface area contributed by atoms with Crippen molar-refractivity contribution in [1.82, 2.24) is 5.32 Å². The predicted molar refractivity (Wildman–Crippen MR) is 61.6 cm³/mol. The number of nitrogens with two attached hydrogens (primary N) is 1. The van der Waals surface area contributed by atoms with Crippen molar-refractivity contribution in [2.45, 2.75) is 19.4 Å². The largest absolute Gasteiger partial charge is 0.440 e. The van der Waals surface area contributed by atoms with Gasteiger partial charge in [0.25, 0.3) is 5.91 Å². The Balaban J connectivity index is 0.00000196. The number of hydrogen-bond acceptors (Lipinski definition) is 3. The standard InChI is InChI=1S/C9H13ClN2O2.ClH/c1-9(2,11)5-12-8(13)6-3-4-7(10)14-6;/h3-4H,5,11H2,1-2H3,(H,12,13);1H. The molecule has 3 N–H and O–H groups in total. The highest BCUT2D eigenvalue weighted by molar-refractivity contribution is 6.29. The van der Waals surface area contributed by atoms with E-state index >= 15 is 0 Å². The van der Waals surface area contributed by atoms with Crippen LogP contribution < -0.4 is 11.1 Å². The molecule has 1 heterocycles. The van der Waals surface area contributed by atoms with Crippen LogP contribution in [0.2, 0.25) is 5.22 Å². The number of nitrogens with one attached hydrogen (secondary N) is 1. The first-order valence-corrected chi connectivity index (χ1v) is 4.59. The van der Waals surface area contributed by atoms with Crippen molar-refractivity contribution in [3.05, 3.63) is 23.1 Å². The van der Waals surface area contributed by atoms with Crippen LogP contribution in [0.4, 0.5) is 0 Å². The van der Waals surface area contributed by atoms with Crippen molar-refractivity contribution in [3.8, 4) is 0 Å². The zero-order valence-corrected chi connectivity index (χ0v) is 10.1. The highest BCUT2D eigenvalue weighted by Crippen LogP contribution is 2.12. The molecule has 1 rings (SSSR count). The second-order valence-corrected chi connectivity index (χ2v) is 4.15. The number of carbonyl (C=O) groups is 1. The van der Waals surface area contributed by atoms with Gasteiger partial charge in [-0.15, -0.1) is 12.4 Å². The zero-order valence-electron chi connectivity index (χ0n) is 8.54. The Hall–Kier alpha value is -0.710. The third-order valence-electron chi connectivity index (χ3n) is 1.50. The maximum Gasteiger partial charge on any atom is 0.287 e. The van der Waals surface area contributed by atoms with Gasteiger partial charge in [-0.25, -0.2) is 0 Å². The molecular weight excluding hydrogens is 239 g/mol. The Morgan fingerprint density at radius 2 is 2.20 bits per heavy atom. The first kappa shape index (κ1) is 14.3. The second-order valence-electron chi connectivity index (χ2n) is 3.78. The summed E-state index contributed by atoms with van der Waals surface area (Å²) in [6.07, 6.45) is 0. The van der Waals surface area contributed by atoms with Gasteiger partial charge in [0.2, 0.25) is 0 Å². The number of rotatable bonds is 3. The van der Waals surface area contributed by atoms with Crippen molar-refractivity contribution in [3.63, 3.8) is 0 Å². The van der Waals surface area contributed by atoms with E-state index in [1.165, 1.54) is 12.1 Å². The van der Waals surface area contributed by atoms with Gasteiger partial charge in [0.15, 0.2) is 11.0 Å². The molecule has 15 heavy (non-hydrogen) atoms. The summed E-state index contributed by atoms with van der Waals surface area (Å²) in [5, 5.41) is 2.83. The first-order valence-electron chi connectivity index (χ1n) is 4.21. The molecular formula is C9H14Cl2N2O2. The van der Waals surface area contributed by atoms with Gasteiger partial charge in [0, 0.05) is 12.1 Å². The fourth-order valence-corrected chi connectivity index (χ4v) is 0.978. The summed E-state index contributed by atoms with van der Waals surface area (Å²) >= 11 is 5.52. The van der Waals surface area contributed by atoms with Crippen LogP contribution in [0.15, 0.2) is 16.5 Å². The third kappa shape index (κ3) is 5.06. The SMILES string of the molecule is CC(C)(N)CNC(=O)c1ccc(Cl)o1.Cl. The topological polar surface area (TPSA) is 68.3 Å². The van der Waals surface area contributed by atoms with Gasteiger partial charge >= 0.3 is 0 Å². The minimum absolute atomic E-state index is 0. The van der Waals surface area contributed by atoms with Gasteiger partial charge < -0.3 is 15.5 Å². The minimum Gasteiger partial charge on any atom is -0.440 e. The lowest BCUT2D eigenvalue weighted by Crippen LogP contribution is -2.45. The molecule has 0 aromatic carbocycles. The Kier molecular flexibility index (Phi) is 5.14. The molecule has 0 saturated heterocycles. The third-order valence-corrected chi connectivity index (χ3v) is 1.70. The smallest absolute Gasteiger partial charge is 0.287 e. The summed E-state index contributed by atoms with van der Waals surface area (Å²) in [4.78, 5) is 11.4. The molecule has 0 aliphatic rings. The van der Waals surface area contributed by atoms with Gasteiger partial charge in [-0.1, -0.05) is 0 Å². The van der Waals surface area contributed by atoms with Crippen LogP contribution in [0.5, 0.6) is 0 Å². The van der Waals surface area contributed by atoms with Gasteiger partial charge in [0.05, 0.1) is 0 Å². The van der Waals surface area contributed by atoms with Crippen molar-refractivity contribution in [2.24, 2.45) is 5.73 Å². The number of halogens is 2. The fraction of sp³-hybridized carbons (Fsp3) is 0.444.